The number of nitrogens with zero attached hydrogens (tertiary/aromatic N) is 4. The highest BCUT2D eigenvalue weighted by molar-refractivity contribution is 5.94. The van der Waals surface area contributed by atoms with Crippen molar-refractivity contribution < 1.29 is 9.59 Å². The van der Waals surface area contributed by atoms with E-state index in [4.69, 9.17) is 4.98 Å². The second-order valence-corrected chi connectivity index (χ2v) is 7.55. The van der Waals surface area contributed by atoms with E-state index in [-0.39, 0.29) is 23.4 Å². The van der Waals surface area contributed by atoms with Crippen molar-refractivity contribution >= 4 is 11.8 Å². The molecule has 2 aromatic rings. The van der Waals surface area contributed by atoms with Gasteiger partial charge in [0.2, 0.25) is 5.91 Å². The fraction of sp³-hybridized carbons (Fsp3) is 0.476. The number of aromatic amines is 1. The first-order valence-corrected chi connectivity index (χ1v) is 10.2. The maximum Gasteiger partial charge on any atom is 0.256 e. The summed E-state index contributed by atoms with van der Waals surface area (Å²) in [6.45, 7) is 3.33. The Morgan fingerprint density at radius 2 is 2.14 bits per heavy atom. The van der Waals surface area contributed by atoms with Crippen LogP contribution in [0.5, 0.6) is 0 Å². The highest BCUT2D eigenvalue weighted by Gasteiger charge is 2.32. The van der Waals surface area contributed by atoms with E-state index in [0.717, 1.165) is 19.3 Å². The topological polar surface area (TPSA) is 99.3 Å². The number of fused-ring (bicyclic) bond motifs is 1. The molecular weight excluding hydrogens is 370 g/mol. The molecule has 2 aromatic heterocycles. The van der Waals surface area contributed by atoms with Crippen molar-refractivity contribution in [1.29, 1.82) is 0 Å². The number of hydrogen-bond donors (Lipinski definition) is 1. The number of nitrogens with one attached hydrogen (secondary N) is 1. The Hall–Kier alpha value is -3.03. The van der Waals surface area contributed by atoms with Gasteiger partial charge in [-0.1, -0.05) is 6.92 Å². The normalized spacial score (nSPS) is 19.0. The Bertz CT molecular complexity index is 972. The van der Waals surface area contributed by atoms with Gasteiger partial charge in [0.05, 0.1) is 23.8 Å². The minimum Gasteiger partial charge on any atom is -0.336 e. The molecule has 0 unspecified atom stereocenters. The molecule has 1 atom stereocenters. The third-order valence-corrected chi connectivity index (χ3v) is 5.73. The predicted octanol–water partition coefficient (Wildman–Crippen LogP) is 1.83. The van der Waals surface area contributed by atoms with E-state index >= 15 is 0 Å². The lowest BCUT2D eigenvalue weighted by Gasteiger charge is -2.36. The second-order valence-electron chi connectivity index (χ2n) is 7.55. The lowest BCUT2D eigenvalue weighted by molar-refractivity contribution is -0.131. The van der Waals surface area contributed by atoms with Crippen molar-refractivity contribution in [2.45, 2.75) is 51.6 Å². The summed E-state index contributed by atoms with van der Waals surface area (Å²) in [6.07, 6.45) is 6.75. The minimum absolute atomic E-state index is 0.0605. The van der Waals surface area contributed by atoms with Crippen molar-refractivity contribution in [1.82, 2.24) is 24.8 Å². The summed E-state index contributed by atoms with van der Waals surface area (Å²) in [5.41, 5.74) is 1.67. The molecule has 0 aromatic carbocycles. The van der Waals surface area contributed by atoms with Gasteiger partial charge in [0.1, 0.15) is 5.82 Å². The summed E-state index contributed by atoms with van der Waals surface area (Å²) in [6, 6.07) is 3.20. The molecule has 2 aliphatic heterocycles. The summed E-state index contributed by atoms with van der Waals surface area (Å²) in [5.74, 6) is 0.466. The first-order valence-electron chi connectivity index (χ1n) is 10.2. The third kappa shape index (κ3) is 3.79. The smallest absolute Gasteiger partial charge is 0.256 e. The summed E-state index contributed by atoms with van der Waals surface area (Å²) >= 11 is 0. The molecule has 8 heteroatoms. The first-order chi connectivity index (χ1) is 14.1. The van der Waals surface area contributed by atoms with Gasteiger partial charge in [0, 0.05) is 37.5 Å². The van der Waals surface area contributed by atoms with Crippen LogP contribution in [0.1, 0.15) is 66.1 Å². The number of H-pyrrole nitrogens is 1. The second kappa shape index (κ2) is 8.14. The zero-order chi connectivity index (χ0) is 20.4. The lowest BCUT2D eigenvalue weighted by Crippen LogP contribution is -2.42. The van der Waals surface area contributed by atoms with E-state index in [9.17, 15) is 14.4 Å². The van der Waals surface area contributed by atoms with E-state index in [2.05, 4.69) is 9.97 Å². The maximum atomic E-state index is 13.1. The highest BCUT2D eigenvalue weighted by atomic mass is 16.2. The van der Waals surface area contributed by atoms with Gasteiger partial charge in [0.25, 0.3) is 11.5 Å². The van der Waals surface area contributed by atoms with Crippen molar-refractivity contribution in [3.8, 4) is 0 Å². The van der Waals surface area contributed by atoms with Gasteiger partial charge >= 0.3 is 0 Å². The molecular formula is C21H25N5O3. The number of aromatic nitrogens is 3. The fourth-order valence-electron chi connectivity index (χ4n) is 4.17. The molecule has 4 rings (SSSR count). The van der Waals surface area contributed by atoms with E-state index in [0.29, 0.717) is 55.1 Å². The molecule has 29 heavy (non-hydrogen) atoms. The van der Waals surface area contributed by atoms with Crippen LogP contribution in [0.25, 0.3) is 0 Å². The molecule has 0 spiro atoms. The SMILES string of the molecule is CCC(=O)N1CCc2c(nc([C@@H]3CCCCN3C(=O)c3cccnc3)[nH]c2=O)C1. The molecule has 0 radical (unpaired) electrons. The number of likely N-dealkylation sites (tertiary alicyclic amines) is 1. The van der Waals surface area contributed by atoms with Gasteiger partial charge in [-0.2, -0.15) is 0 Å². The number of hydrogen-bond acceptors (Lipinski definition) is 5. The summed E-state index contributed by atoms with van der Waals surface area (Å²) in [5, 5.41) is 0. The van der Waals surface area contributed by atoms with Gasteiger partial charge in [0.15, 0.2) is 0 Å². The van der Waals surface area contributed by atoms with Crippen molar-refractivity contribution in [3.05, 3.63) is 57.5 Å². The van der Waals surface area contributed by atoms with Crippen molar-refractivity contribution in [2.75, 3.05) is 13.1 Å². The van der Waals surface area contributed by atoms with Gasteiger partial charge < -0.3 is 14.8 Å². The standard InChI is InChI=1S/C21H25N5O3/c1-2-18(27)25-11-8-15-16(13-25)23-19(24-20(15)28)17-7-3-4-10-26(17)21(29)14-6-5-9-22-12-14/h5-6,9,12,17H,2-4,7-8,10-11,13H2,1H3,(H,23,24,28)/t17-/m0/s1. The molecule has 1 saturated heterocycles. The minimum atomic E-state index is -0.285. The molecule has 0 saturated carbocycles. The number of pyridine rings is 1. The molecule has 8 nitrogen and oxygen atoms in total. The number of carbonyl (C=O) groups is 2. The Kier molecular flexibility index (Phi) is 5.42. The van der Waals surface area contributed by atoms with Crippen molar-refractivity contribution in [3.63, 3.8) is 0 Å². The average molecular weight is 395 g/mol. The predicted molar refractivity (Wildman–Crippen MR) is 106 cm³/mol. The van der Waals surface area contributed by atoms with Crippen LogP contribution in [0.2, 0.25) is 0 Å². The number of carbonyl (C=O) groups excluding carboxylic acids is 2. The molecule has 152 valence electrons. The van der Waals surface area contributed by atoms with Crippen LogP contribution in [0.4, 0.5) is 0 Å². The van der Waals surface area contributed by atoms with Crippen molar-refractivity contribution in [2.24, 2.45) is 0 Å². The fourth-order valence-corrected chi connectivity index (χ4v) is 4.17. The van der Waals surface area contributed by atoms with Crippen LogP contribution < -0.4 is 5.56 Å². The highest BCUT2D eigenvalue weighted by Crippen LogP contribution is 2.30. The molecule has 0 bridgehead atoms. The maximum absolute atomic E-state index is 13.1. The summed E-state index contributed by atoms with van der Waals surface area (Å²) in [4.78, 5) is 53.1. The zero-order valence-electron chi connectivity index (χ0n) is 16.6. The first kappa shape index (κ1) is 19.3. The van der Waals surface area contributed by atoms with E-state index in [1.54, 1.807) is 34.3 Å². The quantitative estimate of drug-likeness (QED) is 0.855. The van der Waals surface area contributed by atoms with Gasteiger partial charge in [-0.25, -0.2) is 4.98 Å². The van der Waals surface area contributed by atoms with Gasteiger partial charge in [-0.3, -0.25) is 19.4 Å². The molecule has 1 N–H and O–H groups in total. The van der Waals surface area contributed by atoms with Gasteiger partial charge in [-0.15, -0.1) is 0 Å². The van der Waals surface area contributed by atoms with Crippen LogP contribution in [0.3, 0.4) is 0 Å². The zero-order valence-corrected chi connectivity index (χ0v) is 16.6. The number of rotatable bonds is 3. The van der Waals surface area contributed by atoms with E-state index < -0.39 is 0 Å². The molecule has 2 aliphatic rings. The summed E-state index contributed by atoms with van der Waals surface area (Å²) in [7, 11) is 0. The van der Waals surface area contributed by atoms with Crippen LogP contribution in [0.15, 0.2) is 29.3 Å². The largest absolute Gasteiger partial charge is 0.336 e. The van der Waals surface area contributed by atoms with Gasteiger partial charge in [-0.05, 0) is 37.8 Å². The molecule has 4 heterocycles. The third-order valence-electron chi connectivity index (χ3n) is 5.73. The average Bonchev–Trinajstić information content (AvgIpc) is 2.78. The number of piperidine rings is 1. The van der Waals surface area contributed by atoms with Crippen LogP contribution in [-0.4, -0.2) is 49.7 Å². The lowest BCUT2D eigenvalue weighted by atomic mass is 9.99. The Morgan fingerprint density at radius 3 is 2.90 bits per heavy atom. The van der Waals surface area contributed by atoms with E-state index in [1.807, 2.05) is 6.92 Å². The molecule has 1 fully saturated rings. The summed E-state index contributed by atoms with van der Waals surface area (Å²) < 4.78 is 0. The monoisotopic (exact) mass is 395 g/mol. The number of amides is 2. The molecule has 2 amide bonds. The van der Waals surface area contributed by atoms with Crippen LogP contribution in [0, 0.1) is 0 Å². The van der Waals surface area contributed by atoms with Crippen LogP contribution in [-0.2, 0) is 17.8 Å². The van der Waals surface area contributed by atoms with Crippen LogP contribution >= 0.6 is 0 Å². The Morgan fingerprint density at radius 1 is 1.28 bits per heavy atom. The molecule has 0 aliphatic carbocycles. The Labute approximate surface area is 169 Å². The van der Waals surface area contributed by atoms with E-state index in [1.165, 1.54) is 0 Å². The Balaban J connectivity index is 1.66.